The molecule has 1 atom stereocenters. The van der Waals surface area contributed by atoms with Crippen LogP contribution in [0.2, 0.25) is 0 Å². The van der Waals surface area contributed by atoms with Crippen LogP contribution in [-0.2, 0) is 13.7 Å². The maximum absolute atomic E-state index is 11.2. The Kier molecular flexibility index (Phi) is 4.73. The number of rotatable bonds is 4. The Bertz CT molecular complexity index is 1060. The molecule has 3 heterocycles. The number of amides is 1. The van der Waals surface area contributed by atoms with Crippen LogP contribution in [0.3, 0.4) is 0 Å². The topological polar surface area (TPSA) is 80.5 Å². The molecule has 1 N–H and O–H groups in total. The number of nitrogens with zero attached hydrogens (tertiary/aromatic N) is 4. The Hall–Kier alpha value is -3.35. The summed E-state index contributed by atoms with van der Waals surface area (Å²) < 4.78 is 7.74. The predicted molar refractivity (Wildman–Crippen MR) is 106 cm³/mol. The van der Waals surface area contributed by atoms with E-state index in [2.05, 4.69) is 16.1 Å². The lowest BCUT2D eigenvalue weighted by molar-refractivity contribution is 0.133. The highest BCUT2D eigenvalue weighted by Crippen LogP contribution is 2.26. The number of pyridine rings is 1. The van der Waals surface area contributed by atoms with Crippen molar-refractivity contribution in [1.29, 1.82) is 0 Å². The summed E-state index contributed by atoms with van der Waals surface area (Å²) in [6.07, 6.45) is 3.52. The number of aryl methyl sites for hydroxylation is 1. The summed E-state index contributed by atoms with van der Waals surface area (Å²) in [6, 6.07) is 11.7. The third-order valence-corrected chi connectivity index (χ3v) is 5.08. The van der Waals surface area contributed by atoms with E-state index in [4.69, 9.17) is 4.74 Å². The molecule has 0 saturated carbocycles. The minimum Gasteiger partial charge on any atom is -0.473 e. The lowest BCUT2D eigenvalue weighted by Crippen LogP contribution is -2.40. The molecule has 3 aromatic rings. The molecule has 0 radical (unpaired) electrons. The fourth-order valence-electron chi connectivity index (χ4n) is 3.49. The van der Waals surface area contributed by atoms with E-state index in [1.165, 1.54) is 4.90 Å². The molecule has 0 aliphatic carbocycles. The summed E-state index contributed by atoms with van der Waals surface area (Å²) in [5, 5.41) is 14.6. The van der Waals surface area contributed by atoms with E-state index in [9.17, 15) is 9.90 Å². The Morgan fingerprint density at radius 3 is 2.96 bits per heavy atom. The highest BCUT2D eigenvalue weighted by Gasteiger charge is 2.24. The number of hydrogen-bond acceptors (Lipinski definition) is 4. The van der Waals surface area contributed by atoms with E-state index in [-0.39, 0.29) is 6.04 Å². The van der Waals surface area contributed by atoms with Gasteiger partial charge in [-0.1, -0.05) is 24.3 Å². The third kappa shape index (κ3) is 3.55. The van der Waals surface area contributed by atoms with Crippen LogP contribution < -0.4 is 4.74 Å². The number of fused-ring (bicyclic) bond motifs is 1. The van der Waals surface area contributed by atoms with Gasteiger partial charge in [-0.15, -0.1) is 0 Å². The molecule has 144 valence electrons. The lowest BCUT2D eigenvalue weighted by atomic mass is 9.98. The highest BCUT2D eigenvalue weighted by molar-refractivity contribution is 5.79. The van der Waals surface area contributed by atoms with Crippen LogP contribution in [-0.4, -0.2) is 43.5 Å². The Morgan fingerprint density at radius 1 is 1.32 bits per heavy atom. The number of benzene rings is 1. The Morgan fingerprint density at radius 2 is 2.18 bits per heavy atom. The molecular weight excluding hydrogens is 356 g/mol. The molecule has 0 spiro atoms. The van der Waals surface area contributed by atoms with Crippen molar-refractivity contribution in [3.63, 3.8) is 0 Å². The predicted octanol–water partition coefficient (Wildman–Crippen LogP) is 3.70. The third-order valence-electron chi connectivity index (χ3n) is 5.08. The van der Waals surface area contributed by atoms with Gasteiger partial charge in [-0.3, -0.25) is 4.68 Å². The van der Waals surface area contributed by atoms with Crippen molar-refractivity contribution >= 4 is 22.6 Å². The van der Waals surface area contributed by atoms with Crippen molar-refractivity contribution in [2.24, 2.45) is 7.05 Å². The number of carboxylic acid groups (broad SMARTS) is 1. The molecule has 1 aliphatic rings. The van der Waals surface area contributed by atoms with Crippen LogP contribution in [0, 0.1) is 0 Å². The van der Waals surface area contributed by atoms with Gasteiger partial charge in [-0.25, -0.2) is 9.78 Å². The van der Waals surface area contributed by atoms with Crippen LogP contribution in [0.5, 0.6) is 5.88 Å². The van der Waals surface area contributed by atoms with Gasteiger partial charge < -0.3 is 14.7 Å². The normalized spacial score (nSPS) is 16.9. The number of carbonyl (C=O) groups is 1. The van der Waals surface area contributed by atoms with Crippen molar-refractivity contribution in [2.75, 3.05) is 6.54 Å². The van der Waals surface area contributed by atoms with Crippen LogP contribution >= 0.6 is 0 Å². The lowest BCUT2D eigenvalue weighted by Gasteiger charge is -2.30. The fourth-order valence-corrected chi connectivity index (χ4v) is 3.49. The molecule has 0 saturated heterocycles. The second kappa shape index (κ2) is 7.34. The van der Waals surface area contributed by atoms with Gasteiger partial charge >= 0.3 is 6.09 Å². The van der Waals surface area contributed by atoms with E-state index in [0.29, 0.717) is 25.5 Å². The maximum atomic E-state index is 11.2. The summed E-state index contributed by atoms with van der Waals surface area (Å²) >= 11 is 0. The highest BCUT2D eigenvalue weighted by atomic mass is 16.5. The number of aromatic nitrogens is 3. The monoisotopic (exact) mass is 378 g/mol. The molecule has 4 rings (SSSR count). The van der Waals surface area contributed by atoms with Gasteiger partial charge in [0.05, 0.1) is 17.4 Å². The SMILES string of the molecule is C[C@H]1CC(c2cccc(OCc3ccc4cnn(C)c4c3)n2)=CCN1C(=O)O. The first kappa shape index (κ1) is 18.0. The molecule has 28 heavy (non-hydrogen) atoms. The van der Waals surface area contributed by atoms with Gasteiger partial charge in [-0.05, 0) is 36.6 Å². The van der Waals surface area contributed by atoms with Crippen molar-refractivity contribution in [2.45, 2.75) is 26.0 Å². The van der Waals surface area contributed by atoms with Gasteiger partial charge in [0.2, 0.25) is 5.88 Å². The zero-order valence-electron chi connectivity index (χ0n) is 15.9. The minimum atomic E-state index is -0.891. The average Bonchev–Trinajstić information content (AvgIpc) is 3.06. The van der Waals surface area contributed by atoms with Crippen molar-refractivity contribution in [3.8, 4) is 5.88 Å². The van der Waals surface area contributed by atoms with E-state index in [1.54, 1.807) is 0 Å². The maximum Gasteiger partial charge on any atom is 0.407 e. The molecule has 0 unspecified atom stereocenters. The Balaban J connectivity index is 1.48. The van der Waals surface area contributed by atoms with Crippen molar-refractivity contribution in [1.82, 2.24) is 19.7 Å². The van der Waals surface area contributed by atoms with E-state index in [0.717, 1.165) is 27.7 Å². The first-order valence-corrected chi connectivity index (χ1v) is 9.21. The van der Waals surface area contributed by atoms with Gasteiger partial charge in [0.1, 0.15) is 6.61 Å². The molecule has 1 amide bonds. The fraction of sp³-hybridized carbons (Fsp3) is 0.286. The van der Waals surface area contributed by atoms with Gasteiger partial charge in [0.25, 0.3) is 0 Å². The summed E-state index contributed by atoms with van der Waals surface area (Å²) in [5.41, 5.74) is 3.99. The van der Waals surface area contributed by atoms with Crippen LogP contribution in [0.4, 0.5) is 4.79 Å². The summed E-state index contributed by atoms with van der Waals surface area (Å²) in [5.74, 6) is 0.553. The quantitative estimate of drug-likeness (QED) is 0.749. The molecule has 1 aromatic carbocycles. The number of ether oxygens (including phenoxy) is 1. The van der Waals surface area contributed by atoms with Gasteiger partial charge in [-0.2, -0.15) is 5.10 Å². The van der Waals surface area contributed by atoms with Crippen molar-refractivity contribution in [3.05, 3.63) is 59.9 Å². The van der Waals surface area contributed by atoms with Crippen LogP contribution in [0.25, 0.3) is 16.5 Å². The second-order valence-corrected chi connectivity index (χ2v) is 7.03. The van der Waals surface area contributed by atoms with Crippen molar-refractivity contribution < 1.29 is 14.6 Å². The van der Waals surface area contributed by atoms with Crippen LogP contribution in [0.15, 0.2) is 48.7 Å². The van der Waals surface area contributed by atoms with Gasteiger partial charge in [0.15, 0.2) is 0 Å². The summed E-state index contributed by atoms with van der Waals surface area (Å²) in [7, 11) is 1.92. The largest absolute Gasteiger partial charge is 0.473 e. The second-order valence-electron chi connectivity index (χ2n) is 7.03. The van der Waals surface area contributed by atoms with Gasteiger partial charge in [0, 0.05) is 31.1 Å². The Labute approximate surface area is 162 Å². The minimum absolute atomic E-state index is 0.0745. The average molecular weight is 378 g/mol. The molecule has 7 nitrogen and oxygen atoms in total. The number of hydrogen-bond donors (Lipinski definition) is 1. The van der Waals surface area contributed by atoms with E-state index >= 15 is 0 Å². The molecule has 1 aliphatic heterocycles. The standard InChI is InChI=1S/C21H22N4O3/c1-14-10-16(8-9-25(14)21(26)27)18-4-3-5-20(23-18)28-13-15-6-7-17-12-22-24(2)19(17)11-15/h3-8,11-12,14H,9-10,13H2,1-2H3,(H,26,27)/t14-/m0/s1. The first-order chi connectivity index (χ1) is 13.5. The summed E-state index contributed by atoms with van der Waals surface area (Å²) in [6.45, 7) is 2.71. The molecule has 7 heteroatoms. The molecule has 2 aromatic heterocycles. The molecular formula is C21H22N4O3. The molecule has 0 fully saturated rings. The smallest absolute Gasteiger partial charge is 0.407 e. The zero-order chi connectivity index (χ0) is 19.7. The van der Waals surface area contributed by atoms with E-state index in [1.807, 2.05) is 61.3 Å². The zero-order valence-corrected chi connectivity index (χ0v) is 15.9. The van der Waals surface area contributed by atoms with E-state index < -0.39 is 6.09 Å². The summed E-state index contributed by atoms with van der Waals surface area (Å²) in [4.78, 5) is 17.3. The molecule has 0 bridgehead atoms. The first-order valence-electron chi connectivity index (χ1n) is 9.21. The van der Waals surface area contributed by atoms with Crippen LogP contribution in [0.1, 0.15) is 24.6 Å².